The summed E-state index contributed by atoms with van der Waals surface area (Å²) in [6.07, 6.45) is 3.41. The third-order valence-electron chi connectivity index (χ3n) is 3.15. The number of nitrogens with zero attached hydrogens (tertiary/aromatic N) is 2. The van der Waals surface area contributed by atoms with Gasteiger partial charge in [0, 0.05) is 44.1 Å². The zero-order chi connectivity index (χ0) is 13.9. The summed E-state index contributed by atoms with van der Waals surface area (Å²) in [7, 11) is -1.34. The summed E-state index contributed by atoms with van der Waals surface area (Å²) >= 11 is 0. The van der Waals surface area contributed by atoms with Crippen LogP contribution in [0.4, 0.5) is 5.69 Å². The second-order valence-corrected chi connectivity index (χ2v) is 6.86. The molecule has 2 heterocycles. The van der Waals surface area contributed by atoms with E-state index in [1.165, 1.54) is 4.90 Å². The van der Waals surface area contributed by atoms with Gasteiger partial charge in [-0.3, -0.25) is 9.78 Å². The molecular formula is C12H17N3O3S. The first-order valence-corrected chi connectivity index (χ1v) is 7.90. The maximum Gasteiger partial charge on any atom is 0.228 e. The molecule has 19 heavy (non-hydrogen) atoms. The van der Waals surface area contributed by atoms with Crippen molar-refractivity contribution in [2.24, 2.45) is 0 Å². The molecule has 1 atom stereocenters. The number of aromatic nitrogens is 1. The second-order valence-electron chi connectivity index (χ2n) is 4.63. The molecule has 1 saturated heterocycles. The number of carbonyl (C=O) groups is 1. The lowest BCUT2D eigenvalue weighted by atomic mass is 10.2. The van der Waals surface area contributed by atoms with Gasteiger partial charge in [-0.25, -0.2) is 8.42 Å². The molecule has 0 spiro atoms. The van der Waals surface area contributed by atoms with Crippen LogP contribution in [0.15, 0.2) is 24.5 Å². The van der Waals surface area contributed by atoms with Crippen molar-refractivity contribution in [1.29, 1.82) is 0 Å². The number of hydrogen-bond acceptors (Lipinski definition) is 5. The van der Waals surface area contributed by atoms with Gasteiger partial charge < -0.3 is 10.2 Å². The largest absolute Gasteiger partial charge is 0.315 e. The number of hydrogen-bond donors (Lipinski definition) is 1. The molecule has 0 bridgehead atoms. The molecule has 2 rings (SSSR count). The standard InChI is InChI=1S/C12H17N3O3S/c1-15(11-2-4-13-5-3-11)12(16)8-10-9-19(17,18)7-6-14-10/h2-5,10,14H,6-9H2,1H3. The quantitative estimate of drug-likeness (QED) is 0.832. The van der Waals surface area contributed by atoms with E-state index < -0.39 is 9.84 Å². The van der Waals surface area contributed by atoms with Gasteiger partial charge >= 0.3 is 0 Å². The summed E-state index contributed by atoms with van der Waals surface area (Å²) in [6.45, 7) is 0.416. The van der Waals surface area contributed by atoms with Crippen molar-refractivity contribution >= 4 is 21.4 Å². The van der Waals surface area contributed by atoms with E-state index in [0.29, 0.717) is 6.54 Å². The molecule has 1 aromatic rings. The molecule has 1 amide bonds. The van der Waals surface area contributed by atoms with Crippen LogP contribution in [0, 0.1) is 0 Å². The number of rotatable bonds is 3. The van der Waals surface area contributed by atoms with Crippen LogP contribution in [0.25, 0.3) is 0 Å². The van der Waals surface area contributed by atoms with E-state index >= 15 is 0 Å². The molecule has 1 N–H and O–H groups in total. The molecule has 1 aliphatic rings. The summed E-state index contributed by atoms with van der Waals surface area (Å²) in [4.78, 5) is 17.5. The highest BCUT2D eigenvalue weighted by Crippen LogP contribution is 2.13. The fraction of sp³-hybridized carbons (Fsp3) is 0.500. The van der Waals surface area contributed by atoms with Crippen molar-refractivity contribution in [2.45, 2.75) is 12.5 Å². The minimum absolute atomic E-state index is 0.0307. The molecule has 104 valence electrons. The Morgan fingerprint density at radius 2 is 2.16 bits per heavy atom. The Labute approximate surface area is 112 Å². The van der Waals surface area contributed by atoms with E-state index in [-0.39, 0.29) is 29.9 Å². The number of amides is 1. The Kier molecular flexibility index (Phi) is 4.16. The molecular weight excluding hydrogens is 266 g/mol. The number of pyridine rings is 1. The van der Waals surface area contributed by atoms with E-state index in [0.717, 1.165) is 5.69 Å². The predicted molar refractivity (Wildman–Crippen MR) is 72.7 cm³/mol. The summed E-state index contributed by atoms with van der Waals surface area (Å²) in [5.74, 6) is 0.0710. The zero-order valence-corrected chi connectivity index (χ0v) is 11.6. The van der Waals surface area contributed by atoms with Gasteiger partial charge in [0.05, 0.1) is 11.5 Å². The average molecular weight is 283 g/mol. The molecule has 0 aromatic carbocycles. The van der Waals surface area contributed by atoms with Crippen molar-refractivity contribution in [3.05, 3.63) is 24.5 Å². The summed E-state index contributed by atoms with van der Waals surface area (Å²) < 4.78 is 23.0. The van der Waals surface area contributed by atoms with Gasteiger partial charge in [-0.05, 0) is 12.1 Å². The lowest BCUT2D eigenvalue weighted by Crippen LogP contribution is -2.47. The van der Waals surface area contributed by atoms with Crippen LogP contribution in [0.1, 0.15) is 6.42 Å². The third kappa shape index (κ3) is 3.74. The fourth-order valence-electron chi connectivity index (χ4n) is 2.06. The average Bonchev–Trinajstić information content (AvgIpc) is 2.37. The summed E-state index contributed by atoms with van der Waals surface area (Å²) in [5.41, 5.74) is 0.749. The number of nitrogens with one attached hydrogen (secondary N) is 1. The molecule has 1 fully saturated rings. The predicted octanol–water partition coefficient (Wildman–Crippen LogP) is -0.179. The fourth-order valence-corrected chi connectivity index (χ4v) is 3.50. The summed E-state index contributed by atoms with van der Waals surface area (Å²) in [6, 6.07) is 3.18. The Hall–Kier alpha value is -1.47. The van der Waals surface area contributed by atoms with Crippen LogP contribution in [0.3, 0.4) is 0 Å². The summed E-state index contributed by atoms with van der Waals surface area (Å²) in [5, 5.41) is 3.07. The molecule has 7 heteroatoms. The van der Waals surface area contributed by atoms with Gasteiger partial charge in [-0.15, -0.1) is 0 Å². The zero-order valence-electron chi connectivity index (χ0n) is 10.7. The van der Waals surface area contributed by atoms with Crippen LogP contribution in [-0.4, -0.2) is 50.4 Å². The van der Waals surface area contributed by atoms with Crippen molar-refractivity contribution < 1.29 is 13.2 Å². The Bertz CT molecular complexity index is 545. The third-order valence-corrected chi connectivity index (χ3v) is 4.88. The van der Waals surface area contributed by atoms with Crippen molar-refractivity contribution in [3.63, 3.8) is 0 Å². The van der Waals surface area contributed by atoms with Gasteiger partial charge in [0.2, 0.25) is 5.91 Å². The van der Waals surface area contributed by atoms with E-state index in [1.54, 1.807) is 31.6 Å². The van der Waals surface area contributed by atoms with Crippen LogP contribution >= 0.6 is 0 Å². The lowest BCUT2D eigenvalue weighted by molar-refractivity contribution is -0.118. The maximum atomic E-state index is 12.1. The number of carbonyl (C=O) groups excluding carboxylic acids is 1. The SMILES string of the molecule is CN(C(=O)CC1CS(=O)(=O)CCN1)c1ccncc1. The normalized spacial score (nSPS) is 21.8. The molecule has 0 radical (unpaired) electrons. The first-order valence-electron chi connectivity index (χ1n) is 6.08. The first kappa shape index (κ1) is 14.0. The topological polar surface area (TPSA) is 79.4 Å². The van der Waals surface area contributed by atoms with Gasteiger partial charge in [0.25, 0.3) is 0 Å². The highest BCUT2D eigenvalue weighted by atomic mass is 32.2. The van der Waals surface area contributed by atoms with Crippen LogP contribution in [0.5, 0.6) is 0 Å². The first-order chi connectivity index (χ1) is 8.98. The van der Waals surface area contributed by atoms with Crippen LogP contribution < -0.4 is 10.2 Å². The maximum absolute atomic E-state index is 12.1. The van der Waals surface area contributed by atoms with E-state index in [1.807, 2.05) is 0 Å². The van der Waals surface area contributed by atoms with Gasteiger partial charge in [-0.2, -0.15) is 0 Å². The molecule has 1 aliphatic heterocycles. The van der Waals surface area contributed by atoms with E-state index in [2.05, 4.69) is 10.3 Å². The minimum atomic E-state index is -3.01. The van der Waals surface area contributed by atoms with Crippen molar-refractivity contribution in [2.75, 3.05) is 30.0 Å². The molecule has 0 aliphatic carbocycles. The second kappa shape index (κ2) is 5.66. The Morgan fingerprint density at radius 1 is 1.47 bits per heavy atom. The van der Waals surface area contributed by atoms with Gasteiger partial charge in [-0.1, -0.05) is 0 Å². The highest BCUT2D eigenvalue weighted by molar-refractivity contribution is 7.91. The monoisotopic (exact) mass is 283 g/mol. The molecule has 6 nitrogen and oxygen atoms in total. The number of anilines is 1. The molecule has 1 unspecified atom stereocenters. The molecule has 1 aromatic heterocycles. The van der Waals surface area contributed by atoms with Gasteiger partial charge in [0.1, 0.15) is 0 Å². The van der Waals surface area contributed by atoms with Gasteiger partial charge in [0.15, 0.2) is 9.84 Å². The van der Waals surface area contributed by atoms with Crippen LogP contribution in [-0.2, 0) is 14.6 Å². The highest BCUT2D eigenvalue weighted by Gasteiger charge is 2.27. The number of sulfone groups is 1. The Morgan fingerprint density at radius 3 is 2.79 bits per heavy atom. The molecule has 0 saturated carbocycles. The minimum Gasteiger partial charge on any atom is -0.315 e. The smallest absolute Gasteiger partial charge is 0.228 e. The van der Waals surface area contributed by atoms with Crippen molar-refractivity contribution in [3.8, 4) is 0 Å². The Balaban J connectivity index is 1.98. The van der Waals surface area contributed by atoms with Crippen LogP contribution in [0.2, 0.25) is 0 Å². The lowest BCUT2D eigenvalue weighted by Gasteiger charge is -2.25. The van der Waals surface area contributed by atoms with E-state index in [4.69, 9.17) is 0 Å². The van der Waals surface area contributed by atoms with E-state index in [9.17, 15) is 13.2 Å². The van der Waals surface area contributed by atoms with Crippen molar-refractivity contribution in [1.82, 2.24) is 10.3 Å².